The summed E-state index contributed by atoms with van der Waals surface area (Å²) in [7, 11) is 1.63. The van der Waals surface area contributed by atoms with Crippen LogP contribution in [0.15, 0.2) is 42.5 Å². The van der Waals surface area contributed by atoms with E-state index in [-0.39, 0.29) is 30.2 Å². The van der Waals surface area contributed by atoms with E-state index in [1.54, 1.807) is 31.1 Å². The summed E-state index contributed by atoms with van der Waals surface area (Å²) in [5.74, 6) is 1.45. The van der Waals surface area contributed by atoms with Gasteiger partial charge in [-0.2, -0.15) is 0 Å². The van der Waals surface area contributed by atoms with Crippen LogP contribution in [0.3, 0.4) is 0 Å². The molecule has 0 aromatic heterocycles. The van der Waals surface area contributed by atoms with Crippen molar-refractivity contribution < 1.29 is 14.3 Å². The Hall–Kier alpha value is -1.89. The lowest BCUT2D eigenvalue weighted by molar-refractivity contribution is -0.138. The van der Waals surface area contributed by atoms with Gasteiger partial charge in [-0.25, -0.2) is 0 Å². The van der Waals surface area contributed by atoms with Crippen molar-refractivity contribution >= 4 is 46.8 Å². The summed E-state index contributed by atoms with van der Waals surface area (Å²) in [6, 6.07) is 12.4. The Labute approximate surface area is 204 Å². The molecule has 0 saturated carbocycles. The highest BCUT2D eigenvalue weighted by Crippen LogP contribution is 2.24. The molecule has 0 radical (unpaired) electrons. The molecule has 8 heteroatoms. The van der Waals surface area contributed by atoms with Crippen molar-refractivity contribution in [3.8, 4) is 5.75 Å². The summed E-state index contributed by atoms with van der Waals surface area (Å²) in [5.41, 5.74) is 1.92. The Morgan fingerprint density at radius 2 is 1.72 bits per heavy atom. The lowest BCUT2D eigenvalue weighted by Crippen LogP contribution is -2.50. The van der Waals surface area contributed by atoms with Crippen LogP contribution >= 0.6 is 35.0 Å². The molecule has 174 valence electrons. The van der Waals surface area contributed by atoms with Gasteiger partial charge >= 0.3 is 0 Å². The Morgan fingerprint density at radius 3 is 2.31 bits per heavy atom. The molecule has 0 spiro atoms. The van der Waals surface area contributed by atoms with E-state index < -0.39 is 6.04 Å². The van der Waals surface area contributed by atoms with Gasteiger partial charge in [0.15, 0.2) is 0 Å². The lowest BCUT2D eigenvalue weighted by atomic mass is 10.1. The minimum absolute atomic E-state index is 0.0383. The number of ether oxygens (including phenoxy) is 1. The Balaban J connectivity index is 2.09. The fourth-order valence-corrected chi connectivity index (χ4v) is 4.14. The number of nitrogens with one attached hydrogen (secondary N) is 1. The van der Waals surface area contributed by atoms with Crippen LogP contribution in [0.25, 0.3) is 0 Å². The van der Waals surface area contributed by atoms with E-state index in [0.29, 0.717) is 15.8 Å². The Kier molecular flexibility index (Phi) is 10.7. The summed E-state index contributed by atoms with van der Waals surface area (Å²) in [6.45, 7) is 5.97. The van der Waals surface area contributed by atoms with Gasteiger partial charge in [0, 0.05) is 18.3 Å². The van der Waals surface area contributed by atoms with Crippen LogP contribution in [0.4, 0.5) is 0 Å². The minimum atomic E-state index is -0.618. The van der Waals surface area contributed by atoms with E-state index in [1.807, 2.05) is 44.2 Å². The fourth-order valence-electron chi connectivity index (χ4n) is 2.94. The van der Waals surface area contributed by atoms with Gasteiger partial charge < -0.3 is 15.0 Å². The second-order valence-corrected chi connectivity index (χ2v) is 9.40. The molecule has 0 unspecified atom stereocenters. The molecule has 5 nitrogen and oxygen atoms in total. The minimum Gasteiger partial charge on any atom is -0.497 e. The zero-order valence-corrected chi connectivity index (χ0v) is 21.2. The first-order chi connectivity index (χ1) is 15.2. The van der Waals surface area contributed by atoms with Gasteiger partial charge in [0.05, 0.1) is 22.9 Å². The van der Waals surface area contributed by atoms with E-state index >= 15 is 0 Å². The smallest absolute Gasteiger partial charge is 0.242 e. The van der Waals surface area contributed by atoms with Gasteiger partial charge in [-0.3, -0.25) is 9.59 Å². The van der Waals surface area contributed by atoms with Gasteiger partial charge in [0.2, 0.25) is 11.8 Å². The van der Waals surface area contributed by atoms with Gasteiger partial charge in [-0.15, -0.1) is 11.8 Å². The summed E-state index contributed by atoms with van der Waals surface area (Å²) in [4.78, 5) is 27.5. The third kappa shape index (κ3) is 7.91. The maximum absolute atomic E-state index is 13.1. The standard InChI is InChI=1S/C24H30Cl2N2O3S/c1-5-16(2)27-24(30)17(3)28(13-19-8-11-21(25)22(26)12-19)23(29)15-32-14-18-6-9-20(31-4)10-7-18/h6-12,16-17H,5,13-15H2,1-4H3,(H,27,30)/t16-,17-/m1/s1. The monoisotopic (exact) mass is 496 g/mol. The molecule has 0 bridgehead atoms. The average molecular weight is 497 g/mol. The van der Waals surface area contributed by atoms with Crippen LogP contribution in [0.1, 0.15) is 38.3 Å². The number of hydrogen-bond donors (Lipinski definition) is 1. The van der Waals surface area contributed by atoms with E-state index in [0.717, 1.165) is 23.3 Å². The molecular weight excluding hydrogens is 467 g/mol. The quantitative estimate of drug-likeness (QED) is 0.441. The van der Waals surface area contributed by atoms with E-state index in [2.05, 4.69) is 5.32 Å². The van der Waals surface area contributed by atoms with Gasteiger partial charge in [0.1, 0.15) is 11.8 Å². The molecule has 32 heavy (non-hydrogen) atoms. The van der Waals surface area contributed by atoms with Crippen molar-refractivity contribution in [2.45, 2.75) is 51.6 Å². The second kappa shape index (κ2) is 13.0. The van der Waals surface area contributed by atoms with Gasteiger partial charge in [0.25, 0.3) is 0 Å². The molecular formula is C24H30Cl2N2O3S. The largest absolute Gasteiger partial charge is 0.497 e. The summed E-state index contributed by atoms with van der Waals surface area (Å²) in [6.07, 6.45) is 0.816. The highest BCUT2D eigenvalue weighted by Gasteiger charge is 2.26. The normalized spacial score (nSPS) is 12.7. The number of benzene rings is 2. The van der Waals surface area contributed by atoms with Crippen LogP contribution in [0, 0.1) is 0 Å². The molecule has 2 amide bonds. The van der Waals surface area contributed by atoms with Crippen molar-refractivity contribution in [3.63, 3.8) is 0 Å². The third-order valence-electron chi connectivity index (χ3n) is 5.16. The molecule has 0 aliphatic heterocycles. The SMILES string of the molecule is CC[C@@H](C)NC(=O)[C@@H](C)N(Cc1ccc(Cl)c(Cl)c1)C(=O)CSCc1ccc(OC)cc1. The second-order valence-electron chi connectivity index (χ2n) is 7.60. The molecule has 2 aromatic carbocycles. The van der Waals surface area contributed by atoms with Crippen LogP contribution in [0.5, 0.6) is 5.75 Å². The third-order valence-corrected chi connectivity index (χ3v) is 6.89. The maximum atomic E-state index is 13.1. The first-order valence-electron chi connectivity index (χ1n) is 10.5. The van der Waals surface area contributed by atoms with E-state index in [9.17, 15) is 9.59 Å². The summed E-state index contributed by atoms with van der Waals surface area (Å²) < 4.78 is 5.18. The number of carbonyl (C=O) groups is 2. The Bertz CT molecular complexity index is 909. The molecule has 2 aromatic rings. The fraction of sp³-hybridized carbons (Fsp3) is 0.417. The Morgan fingerprint density at radius 1 is 1.06 bits per heavy atom. The summed E-state index contributed by atoms with van der Waals surface area (Å²) in [5, 5.41) is 3.83. The van der Waals surface area contributed by atoms with Gasteiger partial charge in [-0.05, 0) is 55.7 Å². The van der Waals surface area contributed by atoms with Crippen molar-refractivity contribution in [2.75, 3.05) is 12.9 Å². The molecule has 0 saturated heterocycles. The number of carbonyl (C=O) groups excluding carboxylic acids is 2. The number of rotatable bonds is 11. The highest BCUT2D eigenvalue weighted by molar-refractivity contribution is 7.99. The molecule has 0 aliphatic carbocycles. The molecule has 0 heterocycles. The van der Waals surface area contributed by atoms with Crippen LogP contribution in [-0.4, -0.2) is 41.7 Å². The number of thioether (sulfide) groups is 1. The number of nitrogens with zero attached hydrogens (tertiary/aromatic N) is 1. The predicted molar refractivity (Wildman–Crippen MR) is 134 cm³/mol. The van der Waals surface area contributed by atoms with Crippen molar-refractivity contribution in [1.29, 1.82) is 0 Å². The maximum Gasteiger partial charge on any atom is 0.242 e. The number of amides is 2. The van der Waals surface area contributed by atoms with Crippen LogP contribution < -0.4 is 10.1 Å². The van der Waals surface area contributed by atoms with Gasteiger partial charge in [-0.1, -0.05) is 48.3 Å². The summed E-state index contributed by atoms with van der Waals surface area (Å²) >= 11 is 13.7. The molecule has 1 N–H and O–H groups in total. The van der Waals surface area contributed by atoms with Crippen molar-refractivity contribution in [3.05, 3.63) is 63.6 Å². The average Bonchev–Trinajstić information content (AvgIpc) is 2.79. The lowest BCUT2D eigenvalue weighted by Gasteiger charge is -2.29. The first-order valence-corrected chi connectivity index (χ1v) is 12.4. The number of methoxy groups -OCH3 is 1. The highest BCUT2D eigenvalue weighted by atomic mass is 35.5. The van der Waals surface area contributed by atoms with Crippen molar-refractivity contribution in [2.24, 2.45) is 0 Å². The molecule has 0 aliphatic rings. The predicted octanol–water partition coefficient (Wildman–Crippen LogP) is 5.57. The van der Waals surface area contributed by atoms with Crippen LogP contribution in [0.2, 0.25) is 10.0 Å². The number of hydrogen-bond acceptors (Lipinski definition) is 4. The molecule has 2 atom stereocenters. The molecule has 0 fully saturated rings. The number of halogens is 2. The zero-order valence-electron chi connectivity index (χ0n) is 18.9. The zero-order chi connectivity index (χ0) is 23.7. The van der Waals surface area contributed by atoms with E-state index in [1.165, 1.54) is 11.8 Å². The van der Waals surface area contributed by atoms with E-state index in [4.69, 9.17) is 27.9 Å². The van der Waals surface area contributed by atoms with Crippen molar-refractivity contribution in [1.82, 2.24) is 10.2 Å². The van der Waals surface area contributed by atoms with Crippen LogP contribution in [-0.2, 0) is 21.9 Å². The first kappa shape index (κ1) is 26.4. The molecule has 2 rings (SSSR count). The topological polar surface area (TPSA) is 58.6 Å².